The Labute approximate surface area is 112 Å². The minimum atomic E-state index is 0.273. The van der Waals surface area contributed by atoms with E-state index in [9.17, 15) is 0 Å². The third-order valence-electron chi connectivity index (χ3n) is 4.67. The van der Waals surface area contributed by atoms with E-state index in [0.717, 1.165) is 0 Å². The third kappa shape index (κ3) is 2.77. The van der Waals surface area contributed by atoms with Crippen LogP contribution in [0.4, 0.5) is 0 Å². The summed E-state index contributed by atoms with van der Waals surface area (Å²) in [5, 5.41) is 0. The first kappa shape index (κ1) is 13.6. The Morgan fingerprint density at radius 3 is 2.39 bits per heavy atom. The SMILES string of the molecule is CCCCCC(N)C1(c2ccccc2)CCCC1. The molecule has 1 fully saturated rings. The van der Waals surface area contributed by atoms with Gasteiger partial charge in [0.2, 0.25) is 0 Å². The molecule has 0 aromatic heterocycles. The van der Waals surface area contributed by atoms with Gasteiger partial charge in [0.05, 0.1) is 0 Å². The van der Waals surface area contributed by atoms with Crippen LogP contribution in [0.25, 0.3) is 0 Å². The number of unbranched alkanes of at least 4 members (excludes halogenated alkanes) is 2. The van der Waals surface area contributed by atoms with Gasteiger partial charge in [-0.2, -0.15) is 0 Å². The van der Waals surface area contributed by atoms with Crippen molar-refractivity contribution in [3.8, 4) is 0 Å². The van der Waals surface area contributed by atoms with Crippen molar-refractivity contribution in [2.75, 3.05) is 0 Å². The van der Waals surface area contributed by atoms with Crippen LogP contribution in [0.5, 0.6) is 0 Å². The smallest absolute Gasteiger partial charge is 0.0136 e. The number of rotatable bonds is 6. The monoisotopic (exact) mass is 245 g/mol. The van der Waals surface area contributed by atoms with Crippen LogP contribution < -0.4 is 5.73 Å². The zero-order valence-electron chi connectivity index (χ0n) is 11.7. The van der Waals surface area contributed by atoms with Crippen LogP contribution in [0.3, 0.4) is 0 Å². The van der Waals surface area contributed by atoms with Gasteiger partial charge in [-0.05, 0) is 24.8 Å². The molecule has 1 aromatic carbocycles. The van der Waals surface area contributed by atoms with E-state index in [1.54, 1.807) is 0 Å². The van der Waals surface area contributed by atoms with Crippen LogP contribution in [-0.2, 0) is 5.41 Å². The molecule has 2 N–H and O–H groups in total. The van der Waals surface area contributed by atoms with Gasteiger partial charge in [0.25, 0.3) is 0 Å². The maximum absolute atomic E-state index is 6.59. The van der Waals surface area contributed by atoms with Gasteiger partial charge in [-0.25, -0.2) is 0 Å². The Morgan fingerprint density at radius 1 is 1.11 bits per heavy atom. The molecule has 0 amide bonds. The molecule has 1 aliphatic rings. The highest BCUT2D eigenvalue weighted by Gasteiger charge is 2.40. The van der Waals surface area contributed by atoms with Gasteiger partial charge in [-0.1, -0.05) is 69.4 Å². The second-order valence-corrected chi connectivity index (χ2v) is 5.83. The molecule has 2 rings (SSSR count). The fraction of sp³-hybridized carbons (Fsp3) is 0.647. The average molecular weight is 245 g/mol. The largest absolute Gasteiger partial charge is 0.327 e. The summed E-state index contributed by atoms with van der Waals surface area (Å²) in [4.78, 5) is 0. The van der Waals surface area contributed by atoms with Crippen molar-refractivity contribution in [3.05, 3.63) is 35.9 Å². The van der Waals surface area contributed by atoms with E-state index >= 15 is 0 Å². The molecule has 0 heterocycles. The van der Waals surface area contributed by atoms with Gasteiger partial charge < -0.3 is 5.73 Å². The third-order valence-corrected chi connectivity index (χ3v) is 4.67. The van der Waals surface area contributed by atoms with Crippen molar-refractivity contribution < 1.29 is 0 Å². The summed E-state index contributed by atoms with van der Waals surface area (Å²) in [6, 6.07) is 11.3. The van der Waals surface area contributed by atoms with Gasteiger partial charge >= 0.3 is 0 Å². The fourth-order valence-electron chi connectivity index (χ4n) is 3.54. The molecule has 0 bridgehead atoms. The summed E-state index contributed by atoms with van der Waals surface area (Å²) in [6.07, 6.45) is 10.3. The van der Waals surface area contributed by atoms with E-state index in [4.69, 9.17) is 5.73 Å². The summed E-state index contributed by atoms with van der Waals surface area (Å²) in [6.45, 7) is 2.26. The molecule has 1 heteroatoms. The summed E-state index contributed by atoms with van der Waals surface area (Å²) in [5.41, 5.74) is 8.34. The molecule has 0 radical (unpaired) electrons. The van der Waals surface area contributed by atoms with Crippen molar-refractivity contribution in [2.24, 2.45) is 5.73 Å². The second-order valence-electron chi connectivity index (χ2n) is 5.83. The maximum Gasteiger partial charge on any atom is 0.0136 e. The lowest BCUT2D eigenvalue weighted by Crippen LogP contribution is -2.43. The molecule has 1 nitrogen and oxygen atoms in total. The molecule has 1 saturated carbocycles. The first-order valence-corrected chi connectivity index (χ1v) is 7.61. The van der Waals surface area contributed by atoms with Crippen LogP contribution in [0.1, 0.15) is 63.9 Å². The van der Waals surface area contributed by atoms with Gasteiger partial charge in [-0.3, -0.25) is 0 Å². The highest BCUT2D eigenvalue weighted by atomic mass is 14.7. The molecule has 0 spiro atoms. The fourth-order valence-corrected chi connectivity index (χ4v) is 3.54. The lowest BCUT2D eigenvalue weighted by Gasteiger charge is -2.36. The van der Waals surface area contributed by atoms with Crippen molar-refractivity contribution in [2.45, 2.75) is 69.7 Å². The second kappa shape index (κ2) is 6.38. The molecule has 18 heavy (non-hydrogen) atoms. The Balaban J connectivity index is 2.12. The minimum Gasteiger partial charge on any atom is -0.327 e. The zero-order chi connectivity index (χ0) is 12.8. The summed E-state index contributed by atoms with van der Waals surface area (Å²) >= 11 is 0. The molecule has 100 valence electrons. The van der Waals surface area contributed by atoms with Gasteiger partial charge in [-0.15, -0.1) is 0 Å². The predicted octanol–water partition coefficient (Wildman–Crippen LogP) is 4.41. The average Bonchev–Trinajstić information content (AvgIpc) is 2.90. The molecular weight excluding hydrogens is 218 g/mol. The first-order valence-electron chi connectivity index (χ1n) is 7.61. The van der Waals surface area contributed by atoms with E-state index in [1.807, 2.05) is 0 Å². The molecule has 0 saturated heterocycles. The standard InChI is InChI=1S/C17H27N/c1-2-3-5-12-16(18)17(13-8-9-14-17)15-10-6-4-7-11-15/h4,6-7,10-11,16H,2-3,5,8-9,12-14,18H2,1H3. The van der Waals surface area contributed by atoms with Gasteiger partial charge in [0, 0.05) is 11.5 Å². The van der Waals surface area contributed by atoms with Gasteiger partial charge in [0.15, 0.2) is 0 Å². The minimum absolute atomic E-state index is 0.273. The zero-order valence-corrected chi connectivity index (χ0v) is 11.7. The molecule has 0 aliphatic heterocycles. The lowest BCUT2D eigenvalue weighted by molar-refractivity contribution is 0.326. The van der Waals surface area contributed by atoms with E-state index < -0.39 is 0 Å². The predicted molar refractivity (Wildman–Crippen MR) is 78.7 cm³/mol. The van der Waals surface area contributed by atoms with Crippen molar-refractivity contribution in [3.63, 3.8) is 0 Å². The van der Waals surface area contributed by atoms with Gasteiger partial charge in [0.1, 0.15) is 0 Å². The molecular formula is C17H27N. The van der Waals surface area contributed by atoms with Crippen molar-refractivity contribution in [1.29, 1.82) is 0 Å². The van der Waals surface area contributed by atoms with E-state index in [1.165, 1.54) is 56.9 Å². The Bertz CT molecular complexity index is 338. The van der Waals surface area contributed by atoms with Crippen LogP contribution in [0, 0.1) is 0 Å². The maximum atomic E-state index is 6.59. The molecule has 1 atom stereocenters. The van der Waals surface area contributed by atoms with E-state index in [-0.39, 0.29) is 5.41 Å². The Kier molecular flexibility index (Phi) is 4.82. The topological polar surface area (TPSA) is 26.0 Å². The normalized spacial score (nSPS) is 19.9. The van der Waals surface area contributed by atoms with Crippen LogP contribution >= 0.6 is 0 Å². The number of hydrogen-bond donors (Lipinski definition) is 1. The van der Waals surface area contributed by atoms with Crippen LogP contribution in [0.15, 0.2) is 30.3 Å². The molecule has 1 unspecified atom stereocenters. The number of hydrogen-bond acceptors (Lipinski definition) is 1. The summed E-state index contributed by atoms with van der Waals surface area (Å²) < 4.78 is 0. The van der Waals surface area contributed by atoms with Crippen molar-refractivity contribution >= 4 is 0 Å². The quantitative estimate of drug-likeness (QED) is 0.738. The van der Waals surface area contributed by atoms with E-state index in [0.29, 0.717) is 6.04 Å². The summed E-state index contributed by atoms with van der Waals surface area (Å²) in [7, 11) is 0. The lowest BCUT2D eigenvalue weighted by atomic mass is 9.71. The Hall–Kier alpha value is -0.820. The summed E-state index contributed by atoms with van der Waals surface area (Å²) in [5.74, 6) is 0. The van der Waals surface area contributed by atoms with Crippen LogP contribution in [0.2, 0.25) is 0 Å². The highest BCUT2D eigenvalue weighted by Crippen LogP contribution is 2.44. The number of nitrogens with two attached hydrogens (primary N) is 1. The van der Waals surface area contributed by atoms with Crippen molar-refractivity contribution in [1.82, 2.24) is 0 Å². The van der Waals surface area contributed by atoms with E-state index in [2.05, 4.69) is 37.3 Å². The number of benzene rings is 1. The van der Waals surface area contributed by atoms with Crippen LogP contribution in [-0.4, -0.2) is 6.04 Å². The molecule has 1 aromatic rings. The molecule has 1 aliphatic carbocycles. The highest BCUT2D eigenvalue weighted by molar-refractivity contribution is 5.29. The first-order chi connectivity index (χ1) is 8.79. The Morgan fingerprint density at radius 2 is 1.78 bits per heavy atom.